The molecule has 0 unspecified atom stereocenters. The van der Waals surface area contributed by atoms with Crippen molar-refractivity contribution in [3.05, 3.63) is 0 Å². The molecule has 0 bridgehead atoms. The van der Waals surface area contributed by atoms with Crippen LogP contribution in [-0.4, -0.2) is 35.1 Å². The molecule has 0 aromatic carbocycles. The van der Waals surface area contributed by atoms with Crippen LogP contribution in [0.4, 0.5) is 0 Å². The Morgan fingerprint density at radius 3 is 2.11 bits per heavy atom. The highest BCUT2D eigenvalue weighted by Crippen LogP contribution is 2.35. The zero-order chi connectivity index (χ0) is 13.9. The van der Waals surface area contributed by atoms with E-state index in [0.29, 0.717) is 5.54 Å². The lowest BCUT2D eigenvalue weighted by Gasteiger charge is -2.55. The van der Waals surface area contributed by atoms with Gasteiger partial charge in [-0.05, 0) is 39.5 Å². The fourth-order valence-electron chi connectivity index (χ4n) is 4.15. The smallest absolute Gasteiger partial charge is 0.0332 e. The monoisotopic (exact) mass is 266 g/mol. The second kappa shape index (κ2) is 6.13. The molecule has 19 heavy (non-hydrogen) atoms. The summed E-state index contributed by atoms with van der Waals surface area (Å²) in [5, 5.41) is 3.79. The first-order valence-corrected chi connectivity index (χ1v) is 8.55. The summed E-state index contributed by atoms with van der Waals surface area (Å²) in [6.07, 6.45) is 11.2. The Morgan fingerprint density at radius 2 is 1.58 bits per heavy atom. The van der Waals surface area contributed by atoms with E-state index in [4.69, 9.17) is 0 Å². The van der Waals surface area contributed by atoms with Crippen molar-refractivity contribution in [2.45, 2.75) is 96.2 Å². The van der Waals surface area contributed by atoms with Gasteiger partial charge in [-0.15, -0.1) is 0 Å². The van der Waals surface area contributed by atoms with E-state index in [-0.39, 0.29) is 5.54 Å². The first kappa shape index (κ1) is 15.3. The molecule has 1 aliphatic heterocycles. The molecule has 0 aromatic heterocycles. The normalized spacial score (nSPS) is 29.1. The van der Waals surface area contributed by atoms with Crippen molar-refractivity contribution in [2.24, 2.45) is 0 Å². The summed E-state index contributed by atoms with van der Waals surface area (Å²) in [6, 6.07) is 0.837. The number of hydrogen-bond donors (Lipinski definition) is 1. The van der Waals surface area contributed by atoms with Gasteiger partial charge in [0, 0.05) is 30.2 Å². The average Bonchev–Trinajstić information content (AvgIpc) is 2.67. The lowest BCUT2D eigenvalue weighted by molar-refractivity contribution is -0.0285. The molecule has 0 radical (unpaired) electrons. The van der Waals surface area contributed by atoms with Gasteiger partial charge in [-0.3, -0.25) is 4.90 Å². The van der Waals surface area contributed by atoms with Crippen LogP contribution in [0, 0.1) is 0 Å². The second-order valence-electron chi connectivity index (χ2n) is 7.44. The number of rotatable bonds is 3. The van der Waals surface area contributed by atoms with Crippen LogP contribution in [0.3, 0.4) is 0 Å². The van der Waals surface area contributed by atoms with Crippen molar-refractivity contribution in [3.8, 4) is 0 Å². The van der Waals surface area contributed by atoms with E-state index in [9.17, 15) is 0 Å². The third-order valence-corrected chi connectivity index (χ3v) is 5.65. The molecule has 2 heteroatoms. The summed E-state index contributed by atoms with van der Waals surface area (Å²) < 4.78 is 0. The molecule has 1 aliphatic carbocycles. The molecule has 2 rings (SSSR count). The van der Waals surface area contributed by atoms with Crippen LogP contribution in [-0.2, 0) is 0 Å². The Bertz CT molecular complexity index is 273. The van der Waals surface area contributed by atoms with Gasteiger partial charge in [0.25, 0.3) is 0 Å². The van der Waals surface area contributed by atoms with Crippen LogP contribution in [0.2, 0.25) is 0 Å². The Hall–Kier alpha value is -0.0800. The van der Waals surface area contributed by atoms with Crippen LogP contribution in [0.25, 0.3) is 0 Å². The lowest BCUT2D eigenvalue weighted by atomic mass is 9.82. The molecule has 1 saturated carbocycles. The molecular formula is C17H34N2. The summed E-state index contributed by atoms with van der Waals surface area (Å²) in [5.41, 5.74) is 0.685. The number of piperazine rings is 1. The van der Waals surface area contributed by atoms with Crippen molar-refractivity contribution < 1.29 is 0 Å². The van der Waals surface area contributed by atoms with Crippen LogP contribution in [0.15, 0.2) is 0 Å². The van der Waals surface area contributed by atoms with Crippen molar-refractivity contribution >= 4 is 0 Å². The van der Waals surface area contributed by atoms with Gasteiger partial charge in [0.05, 0.1) is 0 Å². The number of nitrogens with zero attached hydrogens (tertiary/aromatic N) is 1. The van der Waals surface area contributed by atoms with Crippen LogP contribution < -0.4 is 5.32 Å². The minimum Gasteiger partial charge on any atom is -0.309 e. The molecular weight excluding hydrogens is 232 g/mol. The summed E-state index contributed by atoms with van der Waals surface area (Å²) in [5.74, 6) is 0. The third kappa shape index (κ3) is 3.33. The average molecular weight is 266 g/mol. The van der Waals surface area contributed by atoms with Gasteiger partial charge in [-0.1, -0.05) is 39.5 Å². The first-order chi connectivity index (χ1) is 9.03. The molecule has 1 saturated heterocycles. The fourth-order valence-corrected chi connectivity index (χ4v) is 4.15. The van der Waals surface area contributed by atoms with Gasteiger partial charge in [0.15, 0.2) is 0 Å². The predicted molar refractivity (Wildman–Crippen MR) is 83.6 cm³/mol. The highest BCUT2D eigenvalue weighted by molar-refractivity contribution is 5.03. The molecule has 0 spiro atoms. The topological polar surface area (TPSA) is 15.3 Å². The number of hydrogen-bond acceptors (Lipinski definition) is 2. The number of nitrogens with one attached hydrogen (secondary N) is 1. The maximum Gasteiger partial charge on any atom is 0.0332 e. The van der Waals surface area contributed by atoms with Crippen molar-refractivity contribution in [1.82, 2.24) is 10.2 Å². The standard InChI is InChI=1S/C17H34N2/c1-5-17(6-2)13-18-16(3,4)14-19(17)15-11-9-7-8-10-12-15/h15,18H,5-14H2,1-4H3. The van der Waals surface area contributed by atoms with Crippen molar-refractivity contribution in [3.63, 3.8) is 0 Å². The van der Waals surface area contributed by atoms with Crippen LogP contribution in [0.1, 0.15) is 79.1 Å². The van der Waals surface area contributed by atoms with E-state index in [1.807, 2.05) is 0 Å². The van der Waals surface area contributed by atoms with E-state index in [1.165, 1.54) is 64.5 Å². The molecule has 0 atom stereocenters. The van der Waals surface area contributed by atoms with E-state index in [0.717, 1.165) is 6.04 Å². The Kier molecular flexibility index (Phi) is 4.94. The van der Waals surface area contributed by atoms with E-state index >= 15 is 0 Å². The highest BCUT2D eigenvalue weighted by Gasteiger charge is 2.44. The van der Waals surface area contributed by atoms with Crippen LogP contribution in [0.5, 0.6) is 0 Å². The maximum atomic E-state index is 3.79. The van der Waals surface area contributed by atoms with Crippen molar-refractivity contribution in [2.75, 3.05) is 13.1 Å². The van der Waals surface area contributed by atoms with Gasteiger partial charge >= 0.3 is 0 Å². The lowest BCUT2D eigenvalue weighted by Crippen LogP contribution is -2.70. The van der Waals surface area contributed by atoms with Gasteiger partial charge in [0.2, 0.25) is 0 Å². The minimum absolute atomic E-state index is 0.278. The van der Waals surface area contributed by atoms with E-state index in [2.05, 4.69) is 37.9 Å². The van der Waals surface area contributed by atoms with Gasteiger partial charge in [-0.25, -0.2) is 0 Å². The van der Waals surface area contributed by atoms with Crippen LogP contribution >= 0.6 is 0 Å². The fraction of sp³-hybridized carbons (Fsp3) is 1.00. The molecule has 2 aliphatic rings. The summed E-state index contributed by atoms with van der Waals surface area (Å²) in [4.78, 5) is 2.91. The predicted octanol–water partition coefficient (Wildman–Crippen LogP) is 3.95. The molecule has 1 heterocycles. The Morgan fingerprint density at radius 1 is 1.00 bits per heavy atom. The molecule has 2 fully saturated rings. The first-order valence-electron chi connectivity index (χ1n) is 8.55. The molecule has 2 nitrogen and oxygen atoms in total. The van der Waals surface area contributed by atoms with Gasteiger partial charge in [-0.2, -0.15) is 0 Å². The Balaban J connectivity index is 2.18. The van der Waals surface area contributed by atoms with Gasteiger partial charge < -0.3 is 5.32 Å². The van der Waals surface area contributed by atoms with Crippen molar-refractivity contribution in [1.29, 1.82) is 0 Å². The SMILES string of the molecule is CCC1(CC)CNC(C)(C)CN1C1CCCCCC1. The third-order valence-electron chi connectivity index (χ3n) is 5.65. The van der Waals surface area contributed by atoms with Gasteiger partial charge in [0.1, 0.15) is 0 Å². The van der Waals surface area contributed by atoms with E-state index < -0.39 is 0 Å². The molecule has 1 N–H and O–H groups in total. The summed E-state index contributed by atoms with van der Waals surface area (Å²) >= 11 is 0. The molecule has 0 aromatic rings. The molecule has 112 valence electrons. The zero-order valence-electron chi connectivity index (χ0n) is 13.6. The molecule has 0 amide bonds. The largest absolute Gasteiger partial charge is 0.309 e. The zero-order valence-corrected chi connectivity index (χ0v) is 13.6. The quantitative estimate of drug-likeness (QED) is 0.778. The van der Waals surface area contributed by atoms with E-state index in [1.54, 1.807) is 0 Å². The maximum absolute atomic E-state index is 3.79. The Labute approximate surface area is 120 Å². The highest BCUT2D eigenvalue weighted by atomic mass is 15.3. The summed E-state index contributed by atoms with van der Waals surface area (Å²) in [6.45, 7) is 11.9. The minimum atomic E-state index is 0.278. The summed E-state index contributed by atoms with van der Waals surface area (Å²) in [7, 11) is 0. The second-order valence-corrected chi connectivity index (χ2v) is 7.44.